The quantitative estimate of drug-likeness (QED) is 0.657. The third-order valence-corrected chi connectivity index (χ3v) is 3.47. The Bertz CT molecular complexity index is 510. The van der Waals surface area contributed by atoms with Crippen LogP contribution in [-0.4, -0.2) is 0 Å². The number of benzene rings is 1. The van der Waals surface area contributed by atoms with Crippen molar-refractivity contribution >= 4 is 37.5 Å². The first-order valence-corrected chi connectivity index (χ1v) is 5.58. The highest BCUT2D eigenvalue weighted by Gasteiger charge is 2.05. The van der Waals surface area contributed by atoms with Crippen molar-refractivity contribution in [2.45, 2.75) is 0 Å². The molecule has 0 aliphatic rings. The second-order valence-electron chi connectivity index (χ2n) is 2.67. The number of allylic oxidation sites excluding steroid dienone is 1. The summed E-state index contributed by atoms with van der Waals surface area (Å²) in [6.07, 6.45) is 1.15. The highest BCUT2D eigenvalue weighted by atomic mass is 79.9. The molecule has 1 rings (SSSR count). The maximum atomic E-state index is 13.4. The molecule has 0 amide bonds. The molecular formula is C10H4Br2FN3. The standard InChI is InChI=1S/C10H4Br2FN3/c11-7-1-9(13)10(2-8(7)12)16-5-6(3-14)4-15/h1-2,5,16H. The van der Waals surface area contributed by atoms with Gasteiger partial charge in [-0.05, 0) is 44.0 Å². The first kappa shape index (κ1) is 12.7. The molecule has 0 saturated carbocycles. The Morgan fingerprint density at radius 2 is 1.81 bits per heavy atom. The van der Waals surface area contributed by atoms with Crippen molar-refractivity contribution in [2.75, 3.05) is 5.32 Å². The van der Waals surface area contributed by atoms with E-state index in [1.807, 2.05) is 0 Å². The van der Waals surface area contributed by atoms with E-state index in [-0.39, 0.29) is 11.3 Å². The number of halogens is 3. The molecule has 0 radical (unpaired) electrons. The van der Waals surface area contributed by atoms with Crippen LogP contribution in [0.1, 0.15) is 0 Å². The lowest BCUT2D eigenvalue weighted by atomic mass is 10.3. The van der Waals surface area contributed by atoms with Crippen molar-refractivity contribution in [3.8, 4) is 12.1 Å². The molecule has 0 bridgehead atoms. The zero-order chi connectivity index (χ0) is 12.1. The predicted octanol–water partition coefficient (Wildman–Crippen LogP) is 3.69. The van der Waals surface area contributed by atoms with Gasteiger partial charge in [0.25, 0.3) is 0 Å². The Balaban J connectivity index is 3.01. The smallest absolute Gasteiger partial charge is 0.147 e. The second-order valence-corrected chi connectivity index (χ2v) is 4.38. The van der Waals surface area contributed by atoms with Crippen LogP contribution in [0.3, 0.4) is 0 Å². The maximum Gasteiger partial charge on any atom is 0.147 e. The van der Waals surface area contributed by atoms with Gasteiger partial charge in [-0.2, -0.15) is 10.5 Å². The Morgan fingerprint density at radius 3 is 2.38 bits per heavy atom. The molecule has 6 heteroatoms. The van der Waals surface area contributed by atoms with Gasteiger partial charge in [0.1, 0.15) is 23.5 Å². The van der Waals surface area contributed by atoms with Crippen molar-refractivity contribution in [2.24, 2.45) is 0 Å². The molecule has 80 valence electrons. The first-order valence-electron chi connectivity index (χ1n) is 4.00. The molecule has 0 heterocycles. The molecule has 3 nitrogen and oxygen atoms in total. The molecular weight excluding hydrogens is 341 g/mol. The predicted molar refractivity (Wildman–Crippen MR) is 64.7 cm³/mol. The van der Waals surface area contributed by atoms with E-state index in [9.17, 15) is 4.39 Å². The first-order chi connectivity index (χ1) is 7.58. The fourth-order valence-electron chi connectivity index (χ4n) is 0.873. The maximum absolute atomic E-state index is 13.4. The van der Waals surface area contributed by atoms with Gasteiger partial charge in [-0.15, -0.1) is 0 Å². The normalized spacial score (nSPS) is 8.81. The van der Waals surface area contributed by atoms with Crippen LogP contribution in [0.4, 0.5) is 10.1 Å². The average Bonchev–Trinajstić information content (AvgIpc) is 2.26. The lowest BCUT2D eigenvalue weighted by Gasteiger charge is -2.04. The largest absolute Gasteiger partial charge is 0.357 e. The fourth-order valence-corrected chi connectivity index (χ4v) is 1.53. The van der Waals surface area contributed by atoms with E-state index in [0.29, 0.717) is 8.95 Å². The van der Waals surface area contributed by atoms with Crippen LogP contribution in [0.15, 0.2) is 32.9 Å². The van der Waals surface area contributed by atoms with Crippen molar-refractivity contribution in [1.82, 2.24) is 0 Å². The minimum Gasteiger partial charge on any atom is -0.357 e. The van der Waals surface area contributed by atoms with Crippen LogP contribution < -0.4 is 5.32 Å². The van der Waals surface area contributed by atoms with E-state index in [2.05, 4.69) is 37.2 Å². The van der Waals surface area contributed by atoms with E-state index in [4.69, 9.17) is 10.5 Å². The molecule has 0 aliphatic heterocycles. The van der Waals surface area contributed by atoms with Gasteiger partial charge in [0.15, 0.2) is 0 Å². The summed E-state index contributed by atoms with van der Waals surface area (Å²) in [6, 6.07) is 6.10. The number of hydrogen-bond donors (Lipinski definition) is 1. The molecule has 0 unspecified atom stereocenters. The van der Waals surface area contributed by atoms with Crippen LogP contribution in [0, 0.1) is 28.5 Å². The van der Waals surface area contributed by atoms with Crippen LogP contribution in [0.25, 0.3) is 0 Å². The van der Waals surface area contributed by atoms with Gasteiger partial charge in [-0.25, -0.2) is 4.39 Å². The Labute approximate surface area is 108 Å². The summed E-state index contributed by atoms with van der Waals surface area (Å²) in [4.78, 5) is 0. The second kappa shape index (κ2) is 5.64. The molecule has 0 saturated heterocycles. The number of nitrogens with one attached hydrogen (secondary N) is 1. The van der Waals surface area contributed by atoms with Gasteiger partial charge in [0.05, 0.1) is 5.69 Å². The number of nitrogens with zero attached hydrogens (tertiary/aromatic N) is 2. The molecule has 0 atom stereocenters. The van der Waals surface area contributed by atoms with E-state index >= 15 is 0 Å². The van der Waals surface area contributed by atoms with Gasteiger partial charge >= 0.3 is 0 Å². The molecule has 0 aromatic heterocycles. The number of nitriles is 2. The summed E-state index contributed by atoms with van der Waals surface area (Å²) in [5, 5.41) is 19.5. The van der Waals surface area contributed by atoms with E-state index in [0.717, 1.165) is 6.20 Å². The average molecular weight is 345 g/mol. The Kier molecular flexibility index (Phi) is 4.48. The molecule has 1 N–H and O–H groups in total. The third kappa shape index (κ3) is 3.06. The lowest BCUT2D eigenvalue weighted by Crippen LogP contribution is -1.94. The summed E-state index contributed by atoms with van der Waals surface area (Å²) in [5.74, 6) is -0.485. The minimum absolute atomic E-state index is 0.126. The lowest BCUT2D eigenvalue weighted by molar-refractivity contribution is 0.630. The minimum atomic E-state index is -0.485. The zero-order valence-corrected chi connectivity index (χ0v) is 10.9. The molecule has 0 fully saturated rings. The molecule has 1 aromatic rings. The topological polar surface area (TPSA) is 59.6 Å². The molecule has 0 aliphatic carbocycles. The van der Waals surface area contributed by atoms with Crippen molar-refractivity contribution in [3.05, 3.63) is 38.7 Å². The van der Waals surface area contributed by atoms with Crippen molar-refractivity contribution < 1.29 is 4.39 Å². The van der Waals surface area contributed by atoms with E-state index in [1.165, 1.54) is 12.1 Å². The van der Waals surface area contributed by atoms with E-state index in [1.54, 1.807) is 12.1 Å². The summed E-state index contributed by atoms with van der Waals surface area (Å²) >= 11 is 6.37. The van der Waals surface area contributed by atoms with Gasteiger partial charge in [0.2, 0.25) is 0 Å². The Morgan fingerprint density at radius 1 is 1.25 bits per heavy atom. The summed E-state index contributed by atoms with van der Waals surface area (Å²) in [5.41, 5.74) is 0.0523. The van der Waals surface area contributed by atoms with Crippen LogP contribution >= 0.6 is 31.9 Å². The monoisotopic (exact) mass is 343 g/mol. The van der Waals surface area contributed by atoms with Gasteiger partial charge in [0, 0.05) is 15.1 Å². The number of anilines is 1. The van der Waals surface area contributed by atoms with Crippen LogP contribution in [0.5, 0.6) is 0 Å². The molecule has 16 heavy (non-hydrogen) atoms. The molecule has 0 spiro atoms. The number of hydrogen-bond acceptors (Lipinski definition) is 3. The molecule has 1 aromatic carbocycles. The fraction of sp³-hybridized carbons (Fsp3) is 0. The van der Waals surface area contributed by atoms with Crippen LogP contribution in [-0.2, 0) is 0 Å². The third-order valence-electron chi connectivity index (χ3n) is 1.62. The van der Waals surface area contributed by atoms with Crippen molar-refractivity contribution in [1.29, 1.82) is 10.5 Å². The summed E-state index contributed by atoms with van der Waals surface area (Å²) in [6.45, 7) is 0. The van der Waals surface area contributed by atoms with Crippen LogP contribution in [0.2, 0.25) is 0 Å². The SMILES string of the molecule is N#CC(C#N)=CNc1cc(Br)c(Br)cc1F. The summed E-state index contributed by atoms with van der Waals surface area (Å²) < 4.78 is 14.6. The highest BCUT2D eigenvalue weighted by Crippen LogP contribution is 2.28. The summed E-state index contributed by atoms with van der Waals surface area (Å²) in [7, 11) is 0. The van der Waals surface area contributed by atoms with Crippen molar-refractivity contribution in [3.63, 3.8) is 0 Å². The Hall–Kier alpha value is -1.37. The van der Waals surface area contributed by atoms with E-state index < -0.39 is 5.82 Å². The van der Waals surface area contributed by atoms with Gasteiger partial charge in [-0.3, -0.25) is 0 Å². The zero-order valence-electron chi connectivity index (χ0n) is 7.76. The van der Waals surface area contributed by atoms with Gasteiger partial charge in [-0.1, -0.05) is 0 Å². The number of rotatable bonds is 2. The highest BCUT2D eigenvalue weighted by molar-refractivity contribution is 9.13. The van der Waals surface area contributed by atoms with Gasteiger partial charge < -0.3 is 5.32 Å².